The molecule has 3 aromatic rings. The van der Waals surface area contributed by atoms with Crippen LogP contribution in [0.4, 0.5) is 4.79 Å². The molecule has 0 bridgehead atoms. The van der Waals surface area contributed by atoms with Gasteiger partial charge in [0.2, 0.25) is 0 Å². The highest BCUT2D eigenvalue weighted by Crippen LogP contribution is 2.34. The quantitative estimate of drug-likeness (QED) is 0.172. The maximum Gasteiger partial charge on any atom is 0.337 e. The lowest BCUT2D eigenvalue weighted by Gasteiger charge is -2.28. The van der Waals surface area contributed by atoms with E-state index in [2.05, 4.69) is 21.2 Å². The van der Waals surface area contributed by atoms with Crippen LogP contribution in [0, 0.1) is 0 Å². The van der Waals surface area contributed by atoms with E-state index < -0.39 is 23.9 Å². The smallest absolute Gasteiger partial charge is 0.337 e. The molecule has 0 saturated heterocycles. The van der Waals surface area contributed by atoms with Gasteiger partial charge >= 0.3 is 12.0 Å². The van der Waals surface area contributed by atoms with Gasteiger partial charge in [0.25, 0.3) is 5.91 Å². The summed E-state index contributed by atoms with van der Waals surface area (Å²) in [4.78, 5) is 36.7. The molecule has 42 heavy (non-hydrogen) atoms. The van der Waals surface area contributed by atoms with Gasteiger partial charge in [-0.15, -0.1) is 0 Å². The van der Waals surface area contributed by atoms with Gasteiger partial charge in [-0.05, 0) is 72.1 Å². The number of nitrogens with zero attached hydrogens (tertiary/aromatic N) is 1. The molecule has 3 aromatic carbocycles. The predicted molar refractivity (Wildman–Crippen MR) is 156 cm³/mol. The first-order chi connectivity index (χ1) is 20.3. The zero-order valence-corrected chi connectivity index (χ0v) is 23.9. The predicted octanol–water partition coefficient (Wildman–Crippen LogP) is 4.26. The number of ether oxygens (including phenoxy) is 4. The molecule has 218 valence electrons. The molecule has 4 rings (SSSR count). The normalized spacial score (nSPS) is 14.6. The molecule has 0 aliphatic carbocycles. The lowest BCUT2D eigenvalue weighted by Crippen LogP contribution is -2.45. The Morgan fingerprint density at radius 3 is 2.43 bits per heavy atom. The fourth-order valence-electron chi connectivity index (χ4n) is 4.06. The first-order valence-electron chi connectivity index (χ1n) is 12.7. The minimum Gasteiger partial charge on any atom is -0.493 e. The fourth-order valence-corrected chi connectivity index (χ4v) is 4.19. The molecule has 3 N–H and O–H groups in total. The Balaban J connectivity index is 1.30. The zero-order valence-electron chi connectivity index (χ0n) is 23.1. The van der Waals surface area contributed by atoms with E-state index in [-0.39, 0.29) is 17.9 Å². The van der Waals surface area contributed by atoms with E-state index in [1.165, 1.54) is 20.4 Å². The third-order valence-corrected chi connectivity index (χ3v) is 6.41. The van der Waals surface area contributed by atoms with Crippen molar-refractivity contribution in [3.05, 3.63) is 99.7 Å². The highest BCUT2D eigenvalue weighted by molar-refractivity contribution is 6.30. The minimum atomic E-state index is -0.768. The number of esters is 1. The van der Waals surface area contributed by atoms with Crippen molar-refractivity contribution >= 4 is 35.7 Å². The van der Waals surface area contributed by atoms with Gasteiger partial charge in [0.15, 0.2) is 18.1 Å². The van der Waals surface area contributed by atoms with Crippen LogP contribution in [0.2, 0.25) is 5.02 Å². The second-order valence-corrected chi connectivity index (χ2v) is 9.47. The van der Waals surface area contributed by atoms with Gasteiger partial charge in [0.05, 0.1) is 32.0 Å². The minimum absolute atomic E-state index is 0.255. The molecule has 1 heterocycles. The van der Waals surface area contributed by atoms with Gasteiger partial charge in [-0.25, -0.2) is 15.0 Å². The maximum absolute atomic E-state index is 12.4. The van der Waals surface area contributed by atoms with Crippen molar-refractivity contribution in [2.45, 2.75) is 19.6 Å². The number of hydrogen-bond donors (Lipinski definition) is 3. The standard InChI is InChI=1S/C30H29ClN4O7/c1-18-27(29(37)40-3)28(34-30(38)33-18)21-8-13-24(25(14-21)39-2)42-17-26(36)35-32-15-19-6-11-23(12-7-19)41-16-20-4-9-22(31)10-5-20/h4-15,28H,16-17H2,1-3H3,(H,35,36)(H2,33,34,38)/b32-15-/t28-/m0/s1. The molecular weight excluding hydrogens is 564 g/mol. The van der Waals surface area contributed by atoms with Gasteiger partial charge < -0.3 is 29.6 Å². The number of methoxy groups -OCH3 is 2. The number of benzene rings is 3. The Hall–Kier alpha value is -5.03. The summed E-state index contributed by atoms with van der Waals surface area (Å²) in [5.41, 5.74) is 5.36. The number of carbonyl (C=O) groups is 3. The number of nitrogens with one attached hydrogen (secondary N) is 3. The number of amides is 3. The van der Waals surface area contributed by atoms with Crippen LogP contribution in [0.1, 0.15) is 29.7 Å². The first-order valence-corrected chi connectivity index (χ1v) is 13.1. The van der Waals surface area contributed by atoms with Gasteiger partial charge in [-0.2, -0.15) is 5.10 Å². The molecule has 0 unspecified atom stereocenters. The molecule has 0 spiro atoms. The largest absolute Gasteiger partial charge is 0.493 e. The number of rotatable bonds is 11. The number of allylic oxidation sites excluding steroid dienone is 1. The van der Waals surface area contributed by atoms with Crippen LogP contribution in [0.3, 0.4) is 0 Å². The van der Waals surface area contributed by atoms with Gasteiger partial charge in [-0.3, -0.25) is 4.79 Å². The second-order valence-electron chi connectivity index (χ2n) is 9.04. The van der Waals surface area contributed by atoms with Crippen molar-refractivity contribution < 1.29 is 33.3 Å². The average molecular weight is 593 g/mol. The Kier molecular flexibility index (Phi) is 10.0. The second kappa shape index (κ2) is 14.0. The van der Waals surface area contributed by atoms with Crippen LogP contribution in [-0.4, -0.2) is 44.9 Å². The van der Waals surface area contributed by atoms with E-state index in [9.17, 15) is 14.4 Å². The summed E-state index contributed by atoms with van der Waals surface area (Å²) in [6.07, 6.45) is 1.50. The molecule has 12 heteroatoms. The molecule has 11 nitrogen and oxygen atoms in total. The number of hydrazone groups is 1. The van der Waals surface area contributed by atoms with Crippen LogP contribution in [0.5, 0.6) is 17.2 Å². The molecule has 1 aliphatic rings. The van der Waals surface area contributed by atoms with Crippen molar-refractivity contribution in [2.75, 3.05) is 20.8 Å². The number of carbonyl (C=O) groups excluding carboxylic acids is 3. The number of halogens is 1. The third-order valence-electron chi connectivity index (χ3n) is 6.16. The fraction of sp³-hybridized carbons (Fsp3) is 0.200. The lowest BCUT2D eigenvalue weighted by molar-refractivity contribution is -0.136. The average Bonchev–Trinajstić information content (AvgIpc) is 2.99. The molecule has 0 radical (unpaired) electrons. The topological polar surface area (TPSA) is 137 Å². The van der Waals surface area contributed by atoms with Crippen molar-refractivity contribution in [1.82, 2.24) is 16.1 Å². The third kappa shape index (κ3) is 7.79. The van der Waals surface area contributed by atoms with E-state index in [0.717, 1.165) is 11.1 Å². The van der Waals surface area contributed by atoms with E-state index in [4.69, 9.17) is 30.5 Å². The van der Waals surface area contributed by atoms with E-state index in [0.29, 0.717) is 34.4 Å². The molecule has 3 amide bonds. The van der Waals surface area contributed by atoms with Crippen molar-refractivity contribution in [3.8, 4) is 17.2 Å². The van der Waals surface area contributed by atoms with Crippen LogP contribution < -0.4 is 30.3 Å². The van der Waals surface area contributed by atoms with Crippen LogP contribution in [-0.2, 0) is 20.9 Å². The summed E-state index contributed by atoms with van der Waals surface area (Å²) >= 11 is 5.90. The van der Waals surface area contributed by atoms with E-state index in [1.54, 1.807) is 37.3 Å². The van der Waals surface area contributed by atoms with Crippen LogP contribution >= 0.6 is 11.6 Å². The van der Waals surface area contributed by atoms with E-state index >= 15 is 0 Å². The molecule has 1 aliphatic heterocycles. The summed E-state index contributed by atoms with van der Waals surface area (Å²) in [6, 6.07) is 18.3. The van der Waals surface area contributed by atoms with Crippen molar-refractivity contribution in [3.63, 3.8) is 0 Å². The molecular formula is C30H29ClN4O7. The summed E-state index contributed by atoms with van der Waals surface area (Å²) in [7, 11) is 2.70. The summed E-state index contributed by atoms with van der Waals surface area (Å²) in [5.74, 6) is 0.207. The summed E-state index contributed by atoms with van der Waals surface area (Å²) < 4.78 is 21.7. The first kappa shape index (κ1) is 29.9. The maximum atomic E-state index is 12.4. The molecule has 0 aromatic heterocycles. The van der Waals surface area contributed by atoms with Gasteiger partial charge in [0.1, 0.15) is 12.4 Å². The molecule has 0 fully saturated rings. The SMILES string of the molecule is COC(=O)C1=C(C)NC(=O)N[C@H]1c1ccc(OCC(=O)N/N=C\c2ccc(OCc3ccc(Cl)cc3)cc2)c(OC)c1. The Labute approximate surface area is 247 Å². The van der Waals surface area contributed by atoms with E-state index in [1.807, 2.05) is 36.4 Å². The summed E-state index contributed by atoms with van der Waals surface area (Å²) in [6.45, 7) is 1.69. The number of hydrogen-bond acceptors (Lipinski definition) is 8. The molecule has 1 atom stereocenters. The van der Waals surface area contributed by atoms with Crippen molar-refractivity contribution in [2.24, 2.45) is 5.10 Å². The monoisotopic (exact) mass is 592 g/mol. The van der Waals surface area contributed by atoms with Crippen LogP contribution in [0.15, 0.2) is 83.1 Å². The number of urea groups is 1. The lowest BCUT2D eigenvalue weighted by atomic mass is 9.95. The Morgan fingerprint density at radius 2 is 1.74 bits per heavy atom. The Morgan fingerprint density at radius 1 is 1.00 bits per heavy atom. The van der Waals surface area contributed by atoms with Gasteiger partial charge in [0, 0.05) is 10.7 Å². The Bertz CT molecular complexity index is 1510. The molecule has 0 saturated carbocycles. The highest BCUT2D eigenvalue weighted by atomic mass is 35.5. The van der Waals surface area contributed by atoms with Crippen molar-refractivity contribution in [1.29, 1.82) is 0 Å². The summed E-state index contributed by atoms with van der Waals surface area (Å²) in [5, 5.41) is 9.91. The van der Waals surface area contributed by atoms with Crippen LogP contribution in [0.25, 0.3) is 0 Å². The zero-order chi connectivity index (χ0) is 30.1. The van der Waals surface area contributed by atoms with Gasteiger partial charge in [-0.1, -0.05) is 29.8 Å². The highest BCUT2D eigenvalue weighted by Gasteiger charge is 2.32.